The molecule has 6 heteroatoms. The van der Waals surface area contributed by atoms with Crippen molar-refractivity contribution in [1.82, 2.24) is 5.32 Å². The topological polar surface area (TPSA) is 95.9 Å². The minimum atomic E-state index is -0.851. The number of allylic oxidation sites excluding steroid dienone is 7. The van der Waals surface area contributed by atoms with Crippen molar-refractivity contribution in [3.8, 4) is 0 Å². The molecule has 1 amide bonds. The van der Waals surface area contributed by atoms with Gasteiger partial charge in [-0.15, -0.1) is 0 Å². The Morgan fingerprint density at radius 1 is 0.346 bits per heavy atom. The van der Waals surface area contributed by atoms with Crippen LogP contribution >= 0.6 is 0 Å². The van der Waals surface area contributed by atoms with Gasteiger partial charge < -0.3 is 20.3 Å². The normalized spacial score (nSPS) is 12.8. The molecule has 476 valence electrons. The van der Waals surface area contributed by atoms with Gasteiger partial charge in [0.2, 0.25) is 5.91 Å². The first-order chi connectivity index (χ1) is 40.0. The van der Waals surface area contributed by atoms with Crippen LogP contribution in [0, 0.1) is 0 Å². The molecule has 6 nitrogen and oxygen atoms in total. The molecular formula is C75H141NO5. The van der Waals surface area contributed by atoms with Gasteiger partial charge in [-0.3, -0.25) is 9.59 Å². The number of aliphatic hydroxyl groups is 2. The van der Waals surface area contributed by atoms with Gasteiger partial charge >= 0.3 is 5.97 Å². The number of amides is 1. The van der Waals surface area contributed by atoms with E-state index in [4.69, 9.17) is 4.74 Å². The van der Waals surface area contributed by atoms with Crippen molar-refractivity contribution in [3.63, 3.8) is 0 Å². The van der Waals surface area contributed by atoms with Gasteiger partial charge in [-0.25, -0.2) is 0 Å². The summed E-state index contributed by atoms with van der Waals surface area (Å²) in [5.74, 6) is -0.0669. The van der Waals surface area contributed by atoms with Crippen LogP contribution in [0.4, 0.5) is 0 Å². The molecule has 81 heavy (non-hydrogen) atoms. The molecule has 0 aliphatic carbocycles. The number of aliphatic hydroxyl groups excluding tert-OH is 2. The van der Waals surface area contributed by atoms with Gasteiger partial charge in [0, 0.05) is 12.8 Å². The van der Waals surface area contributed by atoms with E-state index in [0.717, 1.165) is 57.8 Å². The number of carbonyl (C=O) groups is 2. The smallest absolute Gasteiger partial charge is 0.305 e. The fraction of sp³-hybridized carbons (Fsp3) is 0.867. The van der Waals surface area contributed by atoms with E-state index in [1.54, 1.807) is 6.08 Å². The second-order valence-corrected chi connectivity index (χ2v) is 24.9. The molecule has 3 N–H and O–H groups in total. The summed E-state index contributed by atoms with van der Waals surface area (Å²) in [6, 6.07) is -0.635. The molecule has 2 atom stereocenters. The van der Waals surface area contributed by atoms with Gasteiger partial charge in [0.1, 0.15) is 0 Å². The van der Waals surface area contributed by atoms with Crippen LogP contribution in [0.5, 0.6) is 0 Å². The molecular weight excluding hydrogens is 995 g/mol. The number of carbonyl (C=O) groups excluding carboxylic acids is 2. The number of ether oxygens (including phenoxy) is 1. The lowest BCUT2D eigenvalue weighted by atomic mass is 10.0. The number of hydrogen-bond donors (Lipinski definition) is 3. The number of rotatable bonds is 68. The third kappa shape index (κ3) is 66.8. The fourth-order valence-electron chi connectivity index (χ4n) is 11.3. The van der Waals surface area contributed by atoms with E-state index in [9.17, 15) is 19.8 Å². The third-order valence-electron chi connectivity index (χ3n) is 16.8. The Balaban J connectivity index is 3.44. The number of nitrogens with one attached hydrogen (secondary N) is 1. The SMILES string of the molecule is CCCCCC/C=C\C/C=C\CCCCCCCCCC(=O)OCCCCCCCCCCCCCC/C=C\CCCCCCCCCC(=O)NC(CO)C(O)/C=C/CCCCCCCCCCCCCCCCCCCCCCC. The number of hydrogen-bond acceptors (Lipinski definition) is 5. The summed E-state index contributed by atoms with van der Waals surface area (Å²) in [4.78, 5) is 24.6. The molecule has 0 aromatic rings. The minimum Gasteiger partial charge on any atom is -0.466 e. The van der Waals surface area contributed by atoms with Gasteiger partial charge in [0.05, 0.1) is 25.4 Å². The molecule has 0 saturated carbocycles. The molecule has 2 unspecified atom stereocenters. The van der Waals surface area contributed by atoms with Crippen molar-refractivity contribution in [3.05, 3.63) is 48.6 Å². The summed E-state index contributed by atoms with van der Waals surface area (Å²) in [7, 11) is 0. The molecule has 0 aromatic heterocycles. The first-order valence-electron chi connectivity index (χ1n) is 36.4. The highest BCUT2D eigenvalue weighted by Gasteiger charge is 2.18. The lowest BCUT2D eigenvalue weighted by molar-refractivity contribution is -0.143. The molecule has 0 aliphatic rings. The highest BCUT2D eigenvalue weighted by molar-refractivity contribution is 5.76. The van der Waals surface area contributed by atoms with Crippen molar-refractivity contribution in [2.24, 2.45) is 0 Å². The summed E-state index contributed by atoms with van der Waals surface area (Å²) in [6.45, 7) is 4.91. The van der Waals surface area contributed by atoms with E-state index in [1.165, 1.54) is 308 Å². The Bertz CT molecular complexity index is 1360. The molecule has 0 heterocycles. The van der Waals surface area contributed by atoms with Gasteiger partial charge in [-0.1, -0.05) is 339 Å². The van der Waals surface area contributed by atoms with Crippen LogP contribution in [0.25, 0.3) is 0 Å². The van der Waals surface area contributed by atoms with Crippen molar-refractivity contribution < 1.29 is 24.5 Å². The quantitative estimate of drug-likeness (QED) is 0.0320. The predicted molar refractivity (Wildman–Crippen MR) is 356 cm³/mol. The van der Waals surface area contributed by atoms with E-state index >= 15 is 0 Å². The van der Waals surface area contributed by atoms with Crippen LogP contribution in [0.2, 0.25) is 0 Å². The van der Waals surface area contributed by atoms with Crippen molar-refractivity contribution in [2.75, 3.05) is 13.2 Å². The Morgan fingerprint density at radius 2 is 0.617 bits per heavy atom. The van der Waals surface area contributed by atoms with E-state index < -0.39 is 12.1 Å². The summed E-state index contributed by atoms with van der Waals surface area (Å²) < 4.78 is 5.50. The number of unbranched alkanes of at least 4 members (excludes halogenated alkanes) is 51. The first kappa shape index (κ1) is 78.8. The monoisotopic (exact) mass is 1140 g/mol. The molecule has 0 aliphatic heterocycles. The predicted octanol–water partition coefficient (Wildman–Crippen LogP) is 23.6. The van der Waals surface area contributed by atoms with Crippen LogP contribution < -0.4 is 5.32 Å². The molecule has 0 radical (unpaired) electrons. The molecule has 0 spiro atoms. The zero-order valence-electron chi connectivity index (χ0n) is 54.5. The van der Waals surface area contributed by atoms with Gasteiger partial charge in [-0.2, -0.15) is 0 Å². The van der Waals surface area contributed by atoms with Gasteiger partial charge in [0.15, 0.2) is 0 Å². The Labute approximate surface area is 506 Å². The molecule has 0 bridgehead atoms. The summed E-state index contributed by atoms with van der Waals surface area (Å²) in [5.41, 5.74) is 0. The lowest BCUT2D eigenvalue weighted by Crippen LogP contribution is -2.45. The second-order valence-electron chi connectivity index (χ2n) is 24.9. The van der Waals surface area contributed by atoms with E-state index in [2.05, 4.69) is 55.6 Å². The van der Waals surface area contributed by atoms with E-state index in [-0.39, 0.29) is 18.5 Å². The second kappa shape index (κ2) is 70.3. The first-order valence-corrected chi connectivity index (χ1v) is 36.4. The van der Waals surface area contributed by atoms with Crippen LogP contribution in [0.15, 0.2) is 48.6 Å². The third-order valence-corrected chi connectivity index (χ3v) is 16.8. The summed E-state index contributed by atoms with van der Waals surface area (Å²) >= 11 is 0. The van der Waals surface area contributed by atoms with Crippen LogP contribution in [-0.2, 0) is 14.3 Å². The average Bonchev–Trinajstić information content (AvgIpc) is 3.47. The lowest BCUT2D eigenvalue weighted by Gasteiger charge is -2.20. The van der Waals surface area contributed by atoms with E-state index in [0.29, 0.717) is 19.4 Å². The maximum Gasteiger partial charge on any atom is 0.305 e. The molecule has 0 saturated heterocycles. The van der Waals surface area contributed by atoms with Crippen molar-refractivity contribution in [2.45, 2.75) is 405 Å². The van der Waals surface area contributed by atoms with Crippen LogP contribution in [0.3, 0.4) is 0 Å². The van der Waals surface area contributed by atoms with Crippen LogP contribution in [-0.4, -0.2) is 47.4 Å². The highest BCUT2D eigenvalue weighted by Crippen LogP contribution is 2.18. The molecule has 0 aromatic carbocycles. The molecule has 0 rings (SSSR count). The van der Waals surface area contributed by atoms with E-state index in [1.807, 2.05) is 6.08 Å². The van der Waals surface area contributed by atoms with Gasteiger partial charge in [0.25, 0.3) is 0 Å². The highest BCUT2D eigenvalue weighted by atomic mass is 16.5. The Kier molecular flexibility index (Phi) is 68.4. The maximum atomic E-state index is 12.5. The zero-order chi connectivity index (χ0) is 58.5. The minimum absolute atomic E-state index is 0.00404. The summed E-state index contributed by atoms with van der Waals surface area (Å²) in [6.07, 6.45) is 91.9. The maximum absolute atomic E-state index is 12.5. The zero-order valence-corrected chi connectivity index (χ0v) is 54.5. The average molecular weight is 1140 g/mol. The Morgan fingerprint density at radius 3 is 0.963 bits per heavy atom. The molecule has 0 fully saturated rings. The van der Waals surface area contributed by atoms with Crippen molar-refractivity contribution >= 4 is 11.9 Å². The summed E-state index contributed by atoms with van der Waals surface area (Å²) in [5, 5.41) is 23.3. The number of esters is 1. The standard InChI is InChI=1S/C75H141NO5/c1-3-5-7-9-11-13-15-17-19-21-23-24-26-29-32-35-39-43-47-51-55-59-63-67-73(78)72(71-77)76-74(79)68-64-60-56-52-48-44-40-36-33-30-27-25-28-31-34-38-42-46-50-54-58-62-66-70-81-75(80)69-65-61-57-53-49-45-41-37-22-20-18-16-14-12-10-8-6-4-2/h14,16,20,22,30,33,63,67,72-73,77-78H,3-13,15,17-19,21,23-29,31-32,34-62,64-66,68-71H2,1-2H3,(H,76,79)/b16-14-,22-20-,33-30-,67-63+. The van der Waals surface area contributed by atoms with Crippen molar-refractivity contribution in [1.29, 1.82) is 0 Å². The fourth-order valence-corrected chi connectivity index (χ4v) is 11.3. The largest absolute Gasteiger partial charge is 0.466 e. The van der Waals surface area contributed by atoms with Gasteiger partial charge in [-0.05, 0) is 89.9 Å². The Hall–Kier alpha value is -2.18. The van der Waals surface area contributed by atoms with Crippen LogP contribution in [0.1, 0.15) is 393 Å².